The molecule has 3 rings (SSSR count). The number of anilines is 1. The number of aryl methyl sites for hydroxylation is 1. The second-order valence-corrected chi connectivity index (χ2v) is 6.70. The number of aromatic nitrogens is 3. The van der Waals surface area contributed by atoms with Crippen molar-refractivity contribution in [1.29, 1.82) is 0 Å². The first kappa shape index (κ1) is 17.3. The second kappa shape index (κ2) is 7.13. The second-order valence-electron chi connectivity index (χ2n) is 6.70. The van der Waals surface area contributed by atoms with Crippen LogP contribution in [0.15, 0.2) is 30.5 Å². The largest absolute Gasteiger partial charge is 0.387 e. The van der Waals surface area contributed by atoms with Crippen molar-refractivity contribution in [1.82, 2.24) is 14.5 Å². The zero-order valence-corrected chi connectivity index (χ0v) is 15.4. The number of unbranched alkanes of at least 4 members (excludes halogenated alkanes) is 1. The number of Topliss-reactive ketones (excluding diaryl/α,β-unsaturated/α-hetero) is 1. The third kappa shape index (κ3) is 3.45. The maximum absolute atomic E-state index is 12.6. The molecule has 5 nitrogen and oxygen atoms in total. The summed E-state index contributed by atoms with van der Waals surface area (Å²) in [6.07, 6.45) is 5.17. The summed E-state index contributed by atoms with van der Waals surface area (Å²) in [6.45, 7) is 4.17. The van der Waals surface area contributed by atoms with Gasteiger partial charge in [-0.2, -0.15) is 0 Å². The van der Waals surface area contributed by atoms with Crippen LogP contribution in [-0.4, -0.2) is 27.4 Å². The van der Waals surface area contributed by atoms with Crippen molar-refractivity contribution in [3.63, 3.8) is 0 Å². The Kier molecular flexibility index (Phi) is 4.93. The Morgan fingerprint density at radius 2 is 2.16 bits per heavy atom. The third-order valence-corrected chi connectivity index (χ3v) is 4.74. The molecule has 5 heteroatoms. The van der Waals surface area contributed by atoms with Crippen molar-refractivity contribution in [2.24, 2.45) is 13.0 Å². The number of nitrogens with one attached hydrogen (secondary N) is 2. The van der Waals surface area contributed by atoms with Gasteiger partial charge in [0.2, 0.25) is 0 Å². The number of imidazole rings is 1. The van der Waals surface area contributed by atoms with E-state index >= 15 is 0 Å². The first-order valence-corrected chi connectivity index (χ1v) is 8.92. The van der Waals surface area contributed by atoms with Crippen LogP contribution in [0, 0.1) is 5.92 Å². The number of hydrogen-bond acceptors (Lipinski definition) is 3. The minimum Gasteiger partial charge on any atom is -0.387 e. The van der Waals surface area contributed by atoms with Gasteiger partial charge in [-0.3, -0.25) is 4.79 Å². The number of benzene rings is 1. The maximum Gasteiger partial charge on any atom is 0.165 e. The van der Waals surface area contributed by atoms with Gasteiger partial charge >= 0.3 is 0 Å². The number of fused-ring (bicyclic) bond motifs is 1. The molecule has 0 saturated heterocycles. The van der Waals surface area contributed by atoms with Gasteiger partial charge in [-0.15, -0.1) is 0 Å². The van der Waals surface area contributed by atoms with Gasteiger partial charge in [-0.25, -0.2) is 4.98 Å². The summed E-state index contributed by atoms with van der Waals surface area (Å²) >= 11 is 0. The van der Waals surface area contributed by atoms with E-state index in [0.717, 1.165) is 53.1 Å². The van der Waals surface area contributed by atoms with Crippen LogP contribution in [0.25, 0.3) is 22.6 Å². The highest BCUT2D eigenvalue weighted by Crippen LogP contribution is 2.25. The monoisotopic (exact) mass is 338 g/mol. The van der Waals surface area contributed by atoms with Gasteiger partial charge in [0.15, 0.2) is 11.6 Å². The van der Waals surface area contributed by atoms with Crippen LogP contribution in [-0.2, 0) is 7.05 Å². The molecule has 1 aromatic carbocycles. The smallest absolute Gasteiger partial charge is 0.165 e. The highest BCUT2D eigenvalue weighted by atomic mass is 16.1. The van der Waals surface area contributed by atoms with E-state index in [1.54, 1.807) is 0 Å². The molecule has 0 bridgehead atoms. The van der Waals surface area contributed by atoms with Gasteiger partial charge in [0, 0.05) is 31.8 Å². The predicted octanol–water partition coefficient (Wildman–Crippen LogP) is 4.62. The number of hydrogen-bond donors (Lipinski definition) is 2. The fourth-order valence-electron chi connectivity index (χ4n) is 3.15. The van der Waals surface area contributed by atoms with Crippen LogP contribution in [0.4, 0.5) is 5.69 Å². The Morgan fingerprint density at radius 3 is 2.84 bits per heavy atom. The van der Waals surface area contributed by atoms with Crippen LogP contribution in [0.1, 0.15) is 43.5 Å². The molecule has 0 amide bonds. The number of nitrogens with zero attached hydrogens (tertiary/aromatic N) is 2. The SMILES string of the molecule is CCCCC(C)C(=O)c1ccc2nc(-c3cc(NC)cn3C)[nH]c2c1. The van der Waals surface area contributed by atoms with Gasteiger partial charge < -0.3 is 14.9 Å². The lowest BCUT2D eigenvalue weighted by molar-refractivity contribution is 0.0923. The minimum absolute atomic E-state index is 0.0610. The van der Waals surface area contributed by atoms with E-state index < -0.39 is 0 Å². The van der Waals surface area contributed by atoms with E-state index in [4.69, 9.17) is 0 Å². The molecule has 0 fully saturated rings. The van der Waals surface area contributed by atoms with Crippen LogP contribution in [0.5, 0.6) is 0 Å². The number of ketones is 1. The summed E-state index contributed by atoms with van der Waals surface area (Å²) in [5.74, 6) is 1.08. The molecular formula is C20H26N4O. The molecule has 132 valence electrons. The summed E-state index contributed by atoms with van der Waals surface area (Å²) in [4.78, 5) is 20.6. The van der Waals surface area contributed by atoms with E-state index in [1.165, 1.54) is 0 Å². The lowest BCUT2D eigenvalue weighted by atomic mass is 9.94. The van der Waals surface area contributed by atoms with Crippen LogP contribution in [0.2, 0.25) is 0 Å². The van der Waals surface area contributed by atoms with Crippen LogP contribution < -0.4 is 5.32 Å². The fraction of sp³-hybridized carbons (Fsp3) is 0.400. The highest BCUT2D eigenvalue weighted by Gasteiger charge is 2.16. The Labute approximate surface area is 148 Å². The van der Waals surface area contributed by atoms with Gasteiger partial charge in [0.1, 0.15) is 0 Å². The fourth-order valence-corrected chi connectivity index (χ4v) is 3.15. The molecule has 0 aliphatic rings. The van der Waals surface area contributed by atoms with Gasteiger partial charge in [0.25, 0.3) is 0 Å². The van der Waals surface area contributed by atoms with Crippen molar-refractivity contribution in [3.05, 3.63) is 36.0 Å². The summed E-state index contributed by atoms with van der Waals surface area (Å²) in [5.41, 5.74) is 4.58. The van der Waals surface area contributed by atoms with Crippen molar-refractivity contribution < 1.29 is 4.79 Å². The Balaban J connectivity index is 1.91. The Hall–Kier alpha value is -2.56. The molecule has 0 spiro atoms. The molecule has 2 heterocycles. The minimum atomic E-state index is 0.0610. The molecule has 25 heavy (non-hydrogen) atoms. The molecule has 3 aromatic rings. The van der Waals surface area contributed by atoms with E-state index in [0.29, 0.717) is 0 Å². The summed E-state index contributed by atoms with van der Waals surface area (Å²) < 4.78 is 2.03. The average Bonchev–Trinajstić information content (AvgIpc) is 3.20. The molecule has 0 aliphatic heterocycles. The molecule has 1 atom stereocenters. The van der Waals surface area contributed by atoms with Crippen LogP contribution >= 0.6 is 0 Å². The van der Waals surface area contributed by atoms with Crippen molar-refractivity contribution in [2.45, 2.75) is 33.1 Å². The van der Waals surface area contributed by atoms with Crippen molar-refractivity contribution in [2.75, 3.05) is 12.4 Å². The molecule has 2 aromatic heterocycles. The Bertz CT molecular complexity index is 890. The zero-order chi connectivity index (χ0) is 18.0. The summed E-state index contributed by atoms with van der Waals surface area (Å²) in [6, 6.07) is 7.80. The molecule has 1 unspecified atom stereocenters. The number of H-pyrrole nitrogens is 1. The van der Waals surface area contributed by atoms with E-state index in [1.807, 2.05) is 50.0 Å². The average molecular weight is 338 g/mol. The topological polar surface area (TPSA) is 62.7 Å². The summed E-state index contributed by atoms with van der Waals surface area (Å²) in [5, 5.41) is 3.14. The molecule has 2 N–H and O–H groups in total. The maximum atomic E-state index is 12.6. The first-order chi connectivity index (χ1) is 12.0. The number of carbonyl (C=O) groups is 1. The molecule has 0 aliphatic carbocycles. The van der Waals surface area contributed by atoms with Gasteiger partial charge in [-0.1, -0.05) is 26.7 Å². The quantitative estimate of drug-likeness (QED) is 0.618. The third-order valence-electron chi connectivity index (χ3n) is 4.74. The molecule has 0 radical (unpaired) electrons. The lowest BCUT2D eigenvalue weighted by Crippen LogP contribution is -2.11. The van der Waals surface area contributed by atoms with Crippen LogP contribution in [0.3, 0.4) is 0 Å². The van der Waals surface area contributed by atoms with Crippen molar-refractivity contribution in [3.8, 4) is 11.5 Å². The van der Waals surface area contributed by atoms with Gasteiger partial charge in [-0.05, 0) is 30.7 Å². The van der Waals surface area contributed by atoms with E-state index in [9.17, 15) is 4.79 Å². The lowest BCUT2D eigenvalue weighted by Gasteiger charge is -2.09. The standard InChI is InChI=1S/C20H26N4O/c1-5-6-7-13(2)19(25)14-8-9-16-17(10-14)23-20(22-16)18-11-15(21-3)12-24(18)4/h8-13,21H,5-7H2,1-4H3,(H,22,23). The first-order valence-electron chi connectivity index (χ1n) is 8.92. The van der Waals surface area contributed by atoms with E-state index in [2.05, 4.69) is 28.3 Å². The number of carbonyl (C=O) groups excluding carboxylic acids is 1. The van der Waals surface area contributed by atoms with E-state index in [-0.39, 0.29) is 11.7 Å². The molecule has 0 saturated carbocycles. The zero-order valence-electron chi connectivity index (χ0n) is 15.4. The van der Waals surface area contributed by atoms with Gasteiger partial charge in [0.05, 0.1) is 22.4 Å². The highest BCUT2D eigenvalue weighted by molar-refractivity contribution is 6.00. The number of aromatic amines is 1. The van der Waals surface area contributed by atoms with Crippen molar-refractivity contribution >= 4 is 22.5 Å². The normalized spacial score (nSPS) is 12.5. The summed E-state index contributed by atoms with van der Waals surface area (Å²) in [7, 11) is 3.89. The molecular weight excluding hydrogens is 312 g/mol. The Morgan fingerprint density at radius 1 is 1.36 bits per heavy atom. The number of rotatable bonds is 7. The predicted molar refractivity (Wildman–Crippen MR) is 103 cm³/mol.